The Morgan fingerprint density at radius 2 is 1.80 bits per heavy atom. The predicted molar refractivity (Wildman–Crippen MR) is 99.3 cm³/mol. The number of aliphatic hydroxyl groups is 1. The predicted octanol–water partition coefficient (Wildman–Crippen LogP) is 3.68. The molecule has 1 amide bonds. The molecule has 1 saturated heterocycles. The van der Waals surface area contributed by atoms with Crippen LogP contribution in [0.5, 0.6) is 0 Å². The van der Waals surface area contributed by atoms with E-state index in [2.05, 4.69) is 4.98 Å². The van der Waals surface area contributed by atoms with Crippen molar-refractivity contribution in [1.82, 2.24) is 9.88 Å². The summed E-state index contributed by atoms with van der Waals surface area (Å²) < 4.78 is 0. The quantitative estimate of drug-likeness (QED) is 0.929. The van der Waals surface area contributed by atoms with Crippen LogP contribution in [-0.2, 0) is 0 Å². The molecule has 0 atom stereocenters. The number of piperidine rings is 1. The van der Waals surface area contributed by atoms with Gasteiger partial charge in [0, 0.05) is 31.0 Å². The number of carbonyl (C=O) groups excluding carboxylic acids is 1. The van der Waals surface area contributed by atoms with Crippen LogP contribution in [0.1, 0.15) is 42.6 Å². The van der Waals surface area contributed by atoms with E-state index in [0.29, 0.717) is 25.9 Å². The highest BCUT2D eigenvalue weighted by molar-refractivity contribution is 6.01. The first-order valence-electron chi connectivity index (χ1n) is 8.93. The highest BCUT2D eigenvalue weighted by Crippen LogP contribution is 2.31. The minimum atomic E-state index is -0.655. The number of amides is 1. The summed E-state index contributed by atoms with van der Waals surface area (Å²) in [5.41, 5.74) is 3.06. The van der Waals surface area contributed by atoms with Crippen LogP contribution in [-0.4, -0.2) is 39.6 Å². The molecule has 1 aromatic heterocycles. The summed E-state index contributed by atoms with van der Waals surface area (Å²) >= 11 is 0. The Morgan fingerprint density at radius 1 is 1.16 bits per heavy atom. The van der Waals surface area contributed by atoms with Gasteiger partial charge in [0.2, 0.25) is 0 Å². The van der Waals surface area contributed by atoms with E-state index in [4.69, 9.17) is 0 Å². The molecule has 3 rings (SSSR count). The fourth-order valence-electron chi connectivity index (χ4n) is 3.46. The van der Waals surface area contributed by atoms with Gasteiger partial charge in [-0.25, -0.2) is 0 Å². The van der Waals surface area contributed by atoms with Gasteiger partial charge >= 0.3 is 0 Å². The van der Waals surface area contributed by atoms with Crippen molar-refractivity contribution in [2.24, 2.45) is 5.92 Å². The number of likely N-dealkylation sites (tertiary alicyclic amines) is 1. The minimum Gasteiger partial charge on any atom is -0.389 e. The van der Waals surface area contributed by atoms with Gasteiger partial charge in [0.1, 0.15) is 0 Å². The molecule has 0 radical (unpaired) electrons. The molecule has 0 bridgehead atoms. The van der Waals surface area contributed by atoms with Crippen LogP contribution in [0, 0.1) is 12.8 Å². The lowest BCUT2D eigenvalue weighted by atomic mass is 9.81. The van der Waals surface area contributed by atoms with Gasteiger partial charge in [-0.2, -0.15) is 0 Å². The first kappa shape index (κ1) is 17.6. The molecule has 4 heteroatoms. The van der Waals surface area contributed by atoms with Gasteiger partial charge in [-0.05, 0) is 55.0 Å². The molecule has 1 aliphatic rings. The SMILES string of the molecule is Cc1ccc(-c2ccncc2)c(C(=O)N2CCC(O)(C(C)C)CC2)c1. The van der Waals surface area contributed by atoms with Crippen molar-refractivity contribution in [3.05, 3.63) is 53.9 Å². The van der Waals surface area contributed by atoms with Gasteiger partial charge in [-0.15, -0.1) is 0 Å². The zero-order chi connectivity index (χ0) is 18.0. The molecule has 1 N–H and O–H groups in total. The van der Waals surface area contributed by atoms with E-state index in [1.165, 1.54) is 0 Å². The van der Waals surface area contributed by atoms with Crippen molar-refractivity contribution in [3.8, 4) is 11.1 Å². The highest BCUT2D eigenvalue weighted by atomic mass is 16.3. The van der Waals surface area contributed by atoms with Crippen LogP contribution in [0.25, 0.3) is 11.1 Å². The third kappa shape index (κ3) is 3.59. The first-order chi connectivity index (χ1) is 11.9. The fraction of sp³-hybridized carbons (Fsp3) is 0.429. The van der Waals surface area contributed by atoms with Crippen LogP contribution < -0.4 is 0 Å². The number of nitrogens with zero attached hydrogens (tertiary/aromatic N) is 2. The van der Waals surface area contributed by atoms with Crippen LogP contribution in [0.15, 0.2) is 42.7 Å². The van der Waals surface area contributed by atoms with E-state index < -0.39 is 5.60 Å². The third-order valence-electron chi connectivity index (χ3n) is 5.39. The number of rotatable bonds is 3. The smallest absolute Gasteiger partial charge is 0.254 e. The molecule has 0 saturated carbocycles. The lowest BCUT2D eigenvalue weighted by Gasteiger charge is -2.41. The van der Waals surface area contributed by atoms with E-state index in [-0.39, 0.29) is 11.8 Å². The molecule has 1 aliphatic heterocycles. The van der Waals surface area contributed by atoms with Gasteiger partial charge in [-0.3, -0.25) is 9.78 Å². The Bertz CT molecular complexity index is 748. The van der Waals surface area contributed by atoms with Crippen molar-refractivity contribution < 1.29 is 9.90 Å². The van der Waals surface area contributed by atoms with Crippen LogP contribution >= 0.6 is 0 Å². The topological polar surface area (TPSA) is 53.4 Å². The van der Waals surface area contributed by atoms with Gasteiger partial charge in [0.25, 0.3) is 5.91 Å². The van der Waals surface area contributed by atoms with Gasteiger partial charge in [-0.1, -0.05) is 31.5 Å². The fourth-order valence-corrected chi connectivity index (χ4v) is 3.46. The summed E-state index contributed by atoms with van der Waals surface area (Å²) in [6, 6.07) is 9.85. The van der Waals surface area contributed by atoms with Crippen molar-refractivity contribution in [2.45, 2.75) is 39.2 Å². The molecule has 25 heavy (non-hydrogen) atoms. The van der Waals surface area contributed by atoms with E-state index in [0.717, 1.165) is 22.3 Å². The maximum Gasteiger partial charge on any atom is 0.254 e. The summed E-state index contributed by atoms with van der Waals surface area (Å²) in [7, 11) is 0. The summed E-state index contributed by atoms with van der Waals surface area (Å²) in [6.45, 7) is 7.27. The highest BCUT2D eigenvalue weighted by Gasteiger charge is 2.36. The van der Waals surface area contributed by atoms with E-state index in [1.54, 1.807) is 12.4 Å². The Morgan fingerprint density at radius 3 is 2.40 bits per heavy atom. The summed E-state index contributed by atoms with van der Waals surface area (Å²) in [6.07, 6.45) is 4.75. The van der Waals surface area contributed by atoms with Crippen molar-refractivity contribution in [3.63, 3.8) is 0 Å². The van der Waals surface area contributed by atoms with Gasteiger partial charge in [0.15, 0.2) is 0 Å². The van der Waals surface area contributed by atoms with Gasteiger partial charge in [0.05, 0.1) is 5.60 Å². The van der Waals surface area contributed by atoms with Crippen LogP contribution in [0.3, 0.4) is 0 Å². The number of aromatic nitrogens is 1. The number of carbonyl (C=O) groups is 1. The lowest BCUT2D eigenvalue weighted by molar-refractivity contribution is -0.0511. The first-order valence-corrected chi connectivity index (χ1v) is 8.93. The average molecular weight is 338 g/mol. The second-order valence-corrected chi connectivity index (χ2v) is 7.34. The molecule has 0 aliphatic carbocycles. The maximum atomic E-state index is 13.2. The summed E-state index contributed by atoms with van der Waals surface area (Å²) in [4.78, 5) is 19.1. The van der Waals surface area contributed by atoms with Gasteiger partial charge < -0.3 is 10.0 Å². The molecular formula is C21H26N2O2. The van der Waals surface area contributed by atoms with E-state index in [9.17, 15) is 9.90 Å². The molecule has 2 heterocycles. The molecular weight excluding hydrogens is 312 g/mol. The summed E-state index contributed by atoms with van der Waals surface area (Å²) in [5, 5.41) is 10.7. The van der Waals surface area contributed by atoms with Crippen molar-refractivity contribution >= 4 is 5.91 Å². The number of benzene rings is 1. The number of aryl methyl sites for hydroxylation is 1. The summed E-state index contributed by atoms with van der Waals surface area (Å²) in [5.74, 6) is 0.248. The average Bonchev–Trinajstić information content (AvgIpc) is 2.62. The Labute approximate surface area is 149 Å². The Balaban J connectivity index is 1.87. The molecule has 4 nitrogen and oxygen atoms in total. The largest absolute Gasteiger partial charge is 0.389 e. The van der Waals surface area contributed by atoms with Crippen LogP contribution in [0.2, 0.25) is 0 Å². The third-order valence-corrected chi connectivity index (χ3v) is 5.39. The number of hydrogen-bond donors (Lipinski definition) is 1. The minimum absolute atomic E-state index is 0.0429. The molecule has 0 unspecified atom stereocenters. The molecule has 132 valence electrons. The lowest BCUT2D eigenvalue weighted by Crippen LogP contribution is -2.49. The second-order valence-electron chi connectivity index (χ2n) is 7.34. The van der Waals surface area contributed by atoms with E-state index in [1.807, 2.05) is 56.0 Å². The number of hydrogen-bond acceptors (Lipinski definition) is 3. The monoisotopic (exact) mass is 338 g/mol. The van der Waals surface area contributed by atoms with E-state index >= 15 is 0 Å². The molecule has 0 spiro atoms. The van der Waals surface area contributed by atoms with Crippen molar-refractivity contribution in [1.29, 1.82) is 0 Å². The maximum absolute atomic E-state index is 13.2. The number of pyridine rings is 1. The molecule has 2 aromatic rings. The molecule has 1 fully saturated rings. The van der Waals surface area contributed by atoms with Crippen molar-refractivity contribution in [2.75, 3.05) is 13.1 Å². The standard InChI is InChI=1S/C21H26N2O2/c1-15(2)21(25)8-12-23(13-9-21)20(24)19-14-16(3)4-5-18(19)17-6-10-22-11-7-17/h4-7,10-11,14-15,25H,8-9,12-13H2,1-3H3. The Kier molecular flexibility index (Phi) is 4.91. The van der Waals surface area contributed by atoms with Crippen LogP contribution in [0.4, 0.5) is 0 Å². The zero-order valence-electron chi connectivity index (χ0n) is 15.2. The second kappa shape index (κ2) is 6.96. The zero-order valence-corrected chi connectivity index (χ0v) is 15.2. The normalized spacial score (nSPS) is 16.9. The Hall–Kier alpha value is -2.20. The molecule has 1 aromatic carbocycles.